The van der Waals surface area contributed by atoms with Crippen LogP contribution in [0.3, 0.4) is 0 Å². The summed E-state index contributed by atoms with van der Waals surface area (Å²) in [5, 5.41) is 5.93. The van der Waals surface area contributed by atoms with Crippen molar-refractivity contribution in [2.75, 3.05) is 6.54 Å². The molecule has 1 saturated heterocycles. The number of rotatable bonds is 10. The van der Waals surface area contributed by atoms with Crippen LogP contribution in [0.25, 0.3) is 0 Å². The Morgan fingerprint density at radius 3 is 2.46 bits per heavy atom. The summed E-state index contributed by atoms with van der Waals surface area (Å²) in [6, 6.07) is 12.4. The van der Waals surface area contributed by atoms with Crippen LogP contribution >= 0.6 is 0 Å². The first-order valence-electron chi connectivity index (χ1n) is 12.2. The number of alkyl halides is 3. The molecule has 2 N–H and O–H groups in total. The minimum Gasteiger partial charge on any atom is -0.372 e. The fourth-order valence-corrected chi connectivity index (χ4v) is 3.86. The first-order valence-corrected chi connectivity index (χ1v) is 12.2. The number of ether oxygens (including phenoxy) is 1. The lowest BCUT2D eigenvalue weighted by molar-refractivity contribution is -0.137. The number of benzene rings is 2. The zero-order valence-electron chi connectivity index (χ0n) is 20.1. The zero-order valence-corrected chi connectivity index (χ0v) is 20.1. The molecule has 2 atom stereocenters. The second kappa shape index (κ2) is 13.3. The van der Waals surface area contributed by atoms with Gasteiger partial charge in [0.15, 0.2) is 0 Å². The Morgan fingerprint density at radius 1 is 1.06 bits per heavy atom. The highest BCUT2D eigenvalue weighted by molar-refractivity contribution is 5.82. The highest BCUT2D eigenvalue weighted by atomic mass is 19.4. The second-order valence-corrected chi connectivity index (χ2v) is 8.85. The van der Waals surface area contributed by atoms with Gasteiger partial charge in [0.05, 0.1) is 24.3 Å². The van der Waals surface area contributed by atoms with Crippen LogP contribution in [-0.4, -0.2) is 24.6 Å². The normalized spacial score (nSPS) is 17.6. The van der Waals surface area contributed by atoms with Crippen LogP contribution in [0.5, 0.6) is 0 Å². The summed E-state index contributed by atoms with van der Waals surface area (Å²) >= 11 is 0. The number of hydrogen-bond donors (Lipinski definition) is 2. The number of halogens is 3. The second-order valence-electron chi connectivity index (χ2n) is 8.85. The van der Waals surface area contributed by atoms with Gasteiger partial charge in [0.1, 0.15) is 0 Å². The van der Waals surface area contributed by atoms with E-state index in [1.807, 2.05) is 24.3 Å². The third-order valence-electron chi connectivity index (χ3n) is 5.98. The van der Waals surface area contributed by atoms with Crippen LogP contribution in [0, 0.1) is 11.8 Å². The van der Waals surface area contributed by atoms with Crippen LogP contribution in [0.2, 0.25) is 0 Å². The van der Waals surface area contributed by atoms with E-state index in [0.717, 1.165) is 36.1 Å². The van der Waals surface area contributed by atoms with E-state index in [1.165, 1.54) is 31.4 Å². The molecule has 7 heteroatoms. The fourth-order valence-electron chi connectivity index (χ4n) is 3.86. The minimum atomic E-state index is -4.37. The smallest absolute Gasteiger partial charge is 0.372 e. The number of carbonyl (C=O) groups is 1. The van der Waals surface area contributed by atoms with E-state index >= 15 is 0 Å². The molecule has 0 aromatic heterocycles. The Morgan fingerprint density at radius 2 is 1.77 bits per heavy atom. The summed E-state index contributed by atoms with van der Waals surface area (Å²) in [5.41, 5.74) is 1.96. The Labute approximate surface area is 205 Å². The first kappa shape index (κ1) is 26.8. The lowest BCUT2D eigenvalue weighted by atomic mass is 10.1. The van der Waals surface area contributed by atoms with Crippen molar-refractivity contribution in [3.63, 3.8) is 0 Å². The van der Waals surface area contributed by atoms with Gasteiger partial charge in [0.2, 0.25) is 5.91 Å². The molecule has 0 spiro atoms. The van der Waals surface area contributed by atoms with E-state index in [9.17, 15) is 18.0 Å². The van der Waals surface area contributed by atoms with Crippen molar-refractivity contribution in [1.29, 1.82) is 0 Å². The highest BCUT2D eigenvalue weighted by Gasteiger charge is 2.31. The molecule has 188 valence electrons. The predicted octanol–water partition coefficient (Wildman–Crippen LogP) is 5.59. The average Bonchev–Trinajstić information content (AvgIpc) is 3.33. The standard InChI is InChI=1S/C28H33F3N2O2/c1-2-3-4-5-6-7-8-21-9-11-23(12-10-21)20-35-25-17-26(32-19-25)27(34)33-18-22-13-15-24(16-14-22)28(29,30)31/h9-16,25-26,32H,2-6,17-20H2,1H3,(H,33,34)/t25-,26+/m1/s1. The predicted molar refractivity (Wildman–Crippen MR) is 130 cm³/mol. The first-order chi connectivity index (χ1) is 16.8. The molecule has 2 aromatic rings. The molecule has 1 heterocycles. The van der Waals surface area contributed by atoms with Gasteiger partial charge in [0.25, 0.3) is 0 Å². The van der Waals surface area contributed by atoms with E-state index in [2.05, 4.69) is 29.4 Å². The molecule has 1 aliphatic heterocycles. The summed E-state index contributed by atoms with van der Waals surface area (Å²) in [4.78, 5) is 12.4. The van der Waals surface area contributed by atoms with Crippen LogP contribution in [0.4, 0.5) is 13.2 Å². The van der Waals surface area contributed by atoms with Crippen LogP contribution < -0.4 is 10.6 Å². The zero-order chi connectivity index (χ0) is 25.1. The Bertz CT molecular complexity index is 992. The number of nitrogens with one attached hydrogen (secondary N) is 2. The Balaban J connectivity index is 1.36. The summed E-state index contributed by atoms with van der Waals surface area (Å²) in [6.45, 7) is 3.40. The third kappa shape index (κ3) is 9.04. The molecule has 1 fully saturated rings. The van der Waals surface area contributed by atoms with Crippen molar-refractivity contribution in [2.45, 2.75) is 76.9 Å². The van der Waals surface area contributed by atoms with Gasteiger partial charge in [-0.05, 0) is 48.2 Å². The van der Waals surface area contributed by atoms with E-state index in [0.29, 0.717) is 25.1 Å². The van der Waals surface area contributed by atoms with Crippen molar-refractivity contribution in [1.82, 2.24) is 10.6 Å². The summed E-state index contributed by atoms with van der Waals surface area (Å²) in [6.07, 6.45) is 1.90. The lowest BCUT2D eigenvalue weighted by Crippen LogP contribution is -2.40. The van der Waals surface area contributed by atoms with E-state index in [-0.39, 0.29) is 24.6 Å². The lowest BCUT2D eigenvalue weighted by Gasteiger charge is -2.13. The van der Waals surface area contributed by atoms with E-state index in [1.54, 1.807) is 0 Å². The maximum atomic E-state index is 12.7. The Kier molecular flexibility index (Phi) is 10.2. The molecule has 1 amide bonds. The largest absolute Gasteiger partial charge is 0.416 e. The molecule has 35 heavy (non-hydrogen) atoms. The maximum absolute atomic E-state index is 12.7. The van der Waals surface area contributed by atoms with Crippen molar-refractivity contribution in [3.8, 4) is 11.8 Å². The van der Waals surface area contributed by atoms with Crippen molar-refractivity contribution in [3.05, 3.63) is 70.8 Å². The number of amides is 1. The minimum absolute atomic E-state index is 0.0839. The topological polar surface area (TPSA) is 50.4 Å². The number of hydrogen-bond acceptors (Lipinski definition) is 3. The number of carbonyl (C=O) groups excluding carboxylic acids is 1. The maximum Gasteiger partial charge on any atom is 0.416 e. The monoisotopic (exact) mass is 486 g/mol. The molecule has 0 aliphatic carbocycles. The summed E-state index contributed by atoms with van der Waals surface area (Å²) in [7, 11) is 0. The molecule has 0 saturated carbocycles. The van der Waals surface area contributed by atoms with Gasteiger partial charge in [0, 0.05) is 25.1 Å². The van der Waals surface area contributed by atoms with Crippen molar-refractivity contribution >= 4 is 5.91 Å². The molecular formula is C28H33F3N2O2. The molecular weight excluding hydrogens is 453 g/mol. The van der Waals surface area contributed by atoms with Gasteiger partial charge in [-0.15, -0.1) is 0 Å². The van der Waals surface area contributed by atoms with Crippen molar-refractivity contribution < 1.29 is 22.7 Å². The average molecular weight is 487 g/mol. The van der Waals surface area contributed by atoms with E-state index < -0.39 is 11.7 Å². The van der Waals surface area contributed by atoms with Gasteiger partial charge in [-0.3, -0.25) is 4.79 Å². The quantitative estimate of drug-likeness (QED) is 0.340. The molecule has 0 bridgehead atoms. The molecule has 0 radical (unpaired) electrons. The SMILES string of the molecule is CCCCCCC#Cc1ccc(CO[C@H]2CN[C@H](C(=O)NCc3ccc(C(F)(F)F)cc3)C2)cc1. The van der Waals surface area contributed by atoms with Crippen LogP contribution in [0.1, 0.15) is 67.7 Å². The summed E-state index contributed by atoms with van der Waals surface area (Å²) < 4.78 is 43.9. The number of unbranched alkanes of at least 4 members (excludes halogenated alkanes) is 4. The van der Waals surface area contributed by atoms with Gasteiger partial charge in [-0.2, -0.15) is 13.2 Å². The highest BCUT2D eigenvalue weighted by Crippen LogP contribution is 2.29. The van der Waals surface area contributed by atoms with Gasteiger partial charge >= 0.3 is 6.18 Å². The fraction of sp³-hybridized carbons (Fsp3) is 0.464. The van der Waals surface area contributed by atoms with Crippen molar-refractivity contribution in [2.24, 2.45) is 0 Å². The van der Waals surface area contributed by atoms with Gasteiger partial charge in [-0.25, -0.2) is 0 Å². The Hall–Kier alpha value is -2.82. The van der Waals surface area contributed by atoms with Crippen LogP contribution in [-0.2, 0) is 28.9 Å². The summed E-state index contributed by atoms with van der Waals surface area (Å²) in [5.74, 6) is 6.24. The van der Waals surface area contributed by atoms with E-state index in [4.69, 9.17) is 4.74 Å². The molecule has 0 unspecified atom stereocenters. The molecule has 3 rings (SSSR count). The molecule has 2 aromatic carbocycles. The van der Waals surface area contributed by atoms with Gasteiger partial charge < -0.3 is 15.4 Å². The molecule has 1 aliphatic rings. The molecule has 4 nitrogen and oxygen atoms in total. The van der Waals surface area contributed by atoms with Crippen LogP contribution in [0.15, 0.2) is 48.5 Å². The van der Waals surface area contributed by atoms with Gasteiger partial charge in [-0.1, -0.05) is 62.3 Å². The third-order valence-corrected chi connectivity index (χ3v) is 5.98.